The van der Waals surface area contributed by atoms with Gasteiger partial charge in [0, 0.05) is 13.1 Å². The van der Waals surface area contributed by atoms with Gasteiger partial charge in [-0.25, -0.2) is 0 Å². The van der Waals surface area contributed by atoms with Gasteiger partial charge in [-0.2, -0.15) is 0 Å². The number of benzene rings is 1. The monoisotopic (exact) mass is 351 g/mol. The van der Waals surface area contributed by atoms with Crippen LogP contribution in [0.25, 0.3) is 0 Å². The van der Waals surface area contributed by atoms with Crippen LogP contribution in [0, 0.1) is 0 Å². The van der Waals surface area contributed by atoms with Gasteiger partial charge in [-0.1, -0.05) is 24.3 Å². The number of rotatable bonds is 3. The fourth-order valence-corrected chi connectivity index (χ4v) is 3.85. The van der Waals surface area contributed by atoms with E-state index in [1.54, 1.807) is 11.3 Å². The highest BCUT2D eigenvalue weighted by molar-refractivity contribution is 9.11. The van der Waals surface area contributed by atoms with E-state index in [4.69, 9.17) is 0 Å². The molecule has 1 aromatic heterocycles. The number of carboxylic acid groups (broad SMARTS) is 1. The zero-order valence-electron chi connectivity index (χ0n) is 10.8. The van der Waals surface area contributed by atoms with Gasteiger partial charge >= 0.3 is 5.97 Å². The van der Waals surface area contributed by atoms with Crippen LogP contribution in [0.2, 0.25) is 0 Å². The summed E-state index contributed by atoms with van der Waals surface area (Å²) in [6, 6.07) is 9.73. The Morgan fingerprint density at radius 1 is 1.40 bits per heavy atom. The molecule has 0 unspecified atom stereocenters. The van der Waals surface area contributed by atoms with Crippen molar-refractivity contribution in [2.45, 2.75) is 25.6 Å². The molecule has 3 rings (SSSR count). The number of fused-ring (bicyclic) bond motifs is 1. The van der Waals surface area contributed by atoms with E-state index < -0.39 is 12.0 Å². The lowest BCUT2D eigenvalue weighted by Gasteiger charge is -2.34. The SMILES string of the molecule is O=C(O)[C@@H]1Cc2ccccc2CN1Cc1csc(Br)c1. The number of halogens is 1. The second kappa shape index (κ2) is 5.68. The van der Waals surface area contributed by atoms with Gasteiger partial charge in [0.2, 0.25) is 0 Å². The summed E-state index contributed by atoms with van der Waals surface area (Å²) < 4.78 is 1.08. The quantitative estimate of drug-likeness (QED) is 0.919. The smallest absolute Gasteiger partial charge is 0.321 e. The van der Waals surface area contributed by atoms with Crippen LogP contribution < -0.4 is 0 Å². The first-order valence-electron chi connectivity index (χ1n) is 6.40. The van der Waals surface area contributed by atoms with Crippen LogP contribution in [0.3, 0.4) is 0 Å². The summed E-state index contributed by atoms with van der Waals surface area (Å²) in [5, 5.41) is 11.5. The summed E-state index contributed by atoms with van der Waals surface area (Å²) in [5.41, 5.74) is 3.55. The molecular weight excluding hydrogens is 338 g/mol. The Hall–Kier alpha value is -1.17. The lowest BCUT2D eigenvalue weighted by molar-refractivity contribution is -0.144. The van der Waals surface area contributed by atoms with E-state index in [0.717, 1.165) is 14.9 Å². The van der Waals surface area contributed by atoms with E-state index in [-0.39, 0.29) is 0 Å². The molecule has 0 aliphatic carbocycles. The molecule has 5 heteroatoms. The number of aliphatic carboxylic acids is 1. The molecule has 1 aliphatic rings. The fourth-order valence-electron chi connectivity index (χ4n) is 2.65. The van der Waals surface area contributed by atoms with Crippen LogP contribution in [0.4, 0.5) is 0 Å². The zero-order chi connectivity index (χ0) is 14.1. The minimum Gasteiger partial charge on any atom is -0.480 e. The summed E-state index contributed by atoms with van der Waals surface area (Å²) in [6.07, 6.45) is 0.580. The first-order valence-corrected chi connectivity index (χ1v) is 8.07. The molecule has 1 N–H and O–H groups in total. The van der Waals surface area contributed by atoms with Crippen LogP contribution in [-0.2, 0) is 24.3 Å². The van der Waals surface area contributed by atoms with E-state index in [1.807, 2.05) is 23.1 Å². The Morgan fingerprint density at radius 3 is 2.80 bits per heavy atom. The molecule has 2 heterocycles. The van der Waals surface area contributed by atoms with Crippen LogP contribution in [0.15, 0.2) is 39.5 Å². The van der Waals surface area contributed by atoms with Crippen molar-refractivity contribution in [1.29, 1.82) is 0 Å². The van der Waals surface area contributed by atoms with Gasteiger partial charge in [-0.15, -0.1) is 11.3 Å². The topological polar surface area (TPSA) is 40.5 Å². The average molecular weight is 352 g/mol. The highest BCUT2D eigenvalue weighted by Gasteiger charge is 2.31. The molecule has 0 saturated heterocycles. The van der Waals surface area contributed by atoms with Gasteiger partial charge in [0.25, 0.3) is 0 Å². The number of nitrogens with zero attached hydrogens (tertiary/aromatic N) is 1. The van der Waals surface area contributed by atoms with Crippen LogP contribution in [0.1, 0.15) is 16.7 Å². The predicted molar refractivity (Wildman–Crippen MR) is 82.8 cm³/mol. The summed E-state index contributed by atoms with van der Waals surface area (Å²) in [5.74, 6) is -0.742. The lowest BCUT2D eigenvalue weighted by Crippen LogP contribution is -2.44. The summed E-state index contributed by atoms with van der Waals surface area (Å²) >= 11 is 5.08. The van der Waals surface area contributed by atoms with E-state index in [2.05, 4.69) is 33.4 Å². The number of carboxylic acids is 1. The Labute approximate surface area is 130 Å². The number of carbonyl (C=O) groups is 1. The molecule has 1 aliphatic heterocycles. The van der Waals surface area contributed by atoms with Gasteiger partial charge in [0.15, 0.2) is 0 Å². The number of thiophene rings is 1. The van der Waals surface area contributed by atoms with Crippen LogP contribution in [-0.4, -0.2) is 22.0 Å². The molecule has 20 heavy (non-hydrogen) atoms. The summed E-state index contributed by atoms with van der Waals surface area (Å²) in [7, 11) is 0. The van der Waals surface area contributed by atoms with Gasteiger partial charge < -0.3 is 5.11 Å². The molecule has 0 spiro atoms. The highest BCUT2D eigenvalue weighted by atomic mass is 79.9. The number of hydrogen-bond donors (Lipinski definition) is 1. The van der Waals surface area contributed by atoms with Crippen molar-refractivity contribution < 1.29 is 9.90 Å². The lowest BCUT2D eigenvalue weighted by atomic mass is 9.94. The Kier molecular flexibility index (Phi) is 3.92. The van der Waals surface area contributed by atoms with Crippen LogP contribution >= 0.6 is 27.3 Å². The van der Waals surface area contributed by atoms with E-state index >= 15 is 0 Å². The van der Waals surface area contributed by atoms with Crippen molar-refractivity contribution in [2.75, 3.05) is 0 Å². The predicted octanol–water partition coefficient (Wildman–Crippen LogP) is 3.52. The molecule has 1 aromatic carbocycles. The molecule has 1 atom stereocenters. The standard InChI is InChI=1S/C15H14BrNO2S/c16-14-5-10(9-20-14)7-17-8-12-4-2-1-3-11(12)6-13(17)15(18)19/h1-5,9,13H,6-8H2,(H,18,19)/t13-/m0/s1. The fraction of sp³-hybridized carbons (Fsp3) is 0.267. The molecule has 0 saturated carbocycles. The van der Waals surface area contributed by atoms with Crippen molar-refractivity contribution in [3.8, 4) is 0 Å². The number of hydrogen-bond acceptors (Lipinski definition) is 3. The molecule has 0 radical (unpaired) electrons. The van der Waals surface area contributed by atoms with Gasteiger partial charge in [-0.3, -0.25) is 9.69 Å². The Morgan fingerprint density at radius 2 is 2.15 bits per heavy atom. The maximum atomic E-state index is 11.5. The highest BCUT2D eigenvalue weighted by Crippen LogP contribution is 2.27. The Bertz CT molecular complexity index is 640. The third kappa shape index (κ3) is 2.80. The first kappa shape index (κ1) is 13.8. The maximum Gasteiger partial charge on any atom is 0.321 e. The van der Waals surface area contributed by atoms with E-state index in [9.17, 15) is 9.90 Å². The summed E-state index contributed by atoms with van der Waals surface area (Å²) in [4.78, 5) is 13.6. The van der Waals surface area contributed by atoms with E-state index in [0.29, 0.717) is 19.5 Å². The van der Waals surface area contributed by atoms with Crippen molar-refractivity contribution in [3.63, 3.8) is 0 Å². The zero-order valence-corrected chi connectivity index (χ0v) is 13.2. The van der Waals surface area contributed by atoms with Gasteiger partial charge in [-0.05, 0) is 50.5 Å². The first-order chi connectivity index (χ1) is 9.63. The molecule has 0 bridgehead atoms. The molecule has 0 fully saturated rings. The van der Waals surface area contributed by atoms with E-state index in [1.165, 1.54) is 5.56 Å². The Balaban J connectivity index is 1.86. The normalized spacial score (nSPS) is 18.8. The molecule has 0 amide bonds. The molecule has 2 aromatic rings. The third-order valence-corrected chi connectivity index (χ3v) is 5.19. The van der Waals surface area contributed by atoms with Gasteiger partial charge in [0.05, 0.1) is 3.79 Å². The molecule has 3 nitrogen and oxygen atoms in total. The minimum atomic E-state index is -0.742. The second-order valence-corrected chi connectivity index (χ2v) is 7.28. The molecular formula is C15H14BrNO2S. The largest absolute Gasteiger partial charge is 0.480 e. The average Bonchev–Trinajstić information content (AvgIpc) is 2.83. The van der Waals surface area contributed by atoms with Crippen molar-refractivity contribution in [2.24, 2.45) is 0 Å². The van der Waals surface area contributed by atoms with Crippen molar-refractivity contribution >= 4 is 33.2 Å². The maximum absolute atomic E-state index is 11.5. The molecule has 104 valence electrons. The third-order valence-electron chi connectivity index (χ3n) is 3.64. The van der Waals surface area contributed by atoms with Crippen molar-refractivity contribution in [1.82, 2.24) is 4.90 Å². The van der Waals surface area contributed by atoms with Crippen molar-refractivity contribution in [3.05, 3.63) is 56.2 Å². The van der Waals surface area contributed by atoms with Crippen LogP contribution in [0.5, 0.6) is 0 Å². The second-order valence-electron chi connectivity index (χ2n) is 4.99. The van der Waals surface area contributed by atoms with Gasteiger partial charge in [0.1, 0.15) is 6.04 Å². The minimum absolute atomic E-state index is 0.441. The summed E-state index contributed by atoms with van der Waals surface area (Å²) in [6.45, 7) is 1.37.